The van der Waals surface area contributed by atoms with Crippen molar-refractivity contribution >= 4 is 21.7 Å². The van der Waals surface area contributed by atoms with Gasteiger partial charge in [0, 0.05) is 18.5 Å². The van der Waals surface area contributed by atoms with Gasteiger partial charge in [-0.3, -0.25) is 4.79 Å². The van der Waals surface area contributed by atoms with E-state index in [1.54, 1.807) is 12.1 Å². The zero-order chi connectivity index (χ0) is 11.5. The second-order valence-electron chi connectivity index (χ2n) is 4.03. The molecule has 1 aliphatic rings. The van der Waals surface area contributed by atoms with E-state index in [1.165, 1.54) is 0 Å². The van der Waals surface area contributed by atoms with Gasteiger partial charge in [-0.05, 0) is 35.0 Å². The van der Waals surface area contributed by atoms with Crippen LogP contribution >= 0.6 is 15.9 Å². The molecule has 16 heavy (non-hydrogen) atoms. The molecule has 2 heterocycles. The first kappa shape index (κ1) is 11.8. The Morgan fingerprint density at radius 2 is 2.38 bits per heavy atom. The van der Waals surface area contributed by atoms with Crippen LogP contribution in [0.4, 0.5) is 0 Å². The van der Waals surface area contributed by atoms with Crippen molar-refractivity contribution in [1.29, 1.82) is 0 Å². The van der Waals surface area contributed by atoms with E-state index in [9.17, 15) is 4.79 Å². The SMILES string of the molecule is CC1COCC(CC(=O)c2ccc(Br)o2)N1. The van der Waals surface area contributed by atoms with Crippen molar-refractivity contribution in [3.05, 3.63) is 22.6 Å². The first-order valence-corrected chi connectivity index (χ1v) is 6.07. The van der Waals surface area contributed by atoms with Crippen molar-refractivity contribution < 1.29 is 13.9 Å². The number of ether oxygens (including phenoxy) is 1. The van der Waals surface area contributed by atoms with E-state index in [0.29, 0.717) is 36.1 Å². The quantitative estimate of drug-likeness (QED) is 0.864. The summed E-state index contributed by atoms with van der Waals surface area (Å²) in [6.45, 7) is 3.33. The fraction of sp³-hybridized carbons (Fsp3) is 0.545. The lowest BCUT2D eigenvalue weighted by atomic mass is 10.1. The molecule has 1 aromatic heterocycles. The standard InChI is InChI=1S/C11H14BrNO3/c1-7-5-15-6-8(13-7)4-9(14)10-2-3-11(12)16-10/h2-3,7-8,13H,4-6H2,1H3. The van der Waals surface area contributed by atoms with Crippen LogP contribution in [0, 0.1) is 0 Å². The van der Waals surface area contributed by atoms with Gasteiger partial charge in [-0.2, -0.15) is 0 Å². The number of furan rings is 1. The summed E-state index contributed by atoms with van der Waals surface area (Å²) in [5.74, 6) is 0.396. The number of ketones is 1. The molecule has 1 fully saturated rings. The molecule has 5 heteroatoms. The maximum Gasteiger partial charge on any atom is 0.199 e. The van der Waals surface area contributed by atoms with Crippen LogP contribution in [-0.2, 0) is 4.74 Å². The van der Waals surface area contributed by atoms with Gasteiger partial charge in [0.2, 0.25) is 0 Å². The fourth-order valence-corrected chi connectivity index (χ4v) is 2.10. The van der Waals surface area contributed by atoms with Gasteiger partial charge in [0.1, 0.15) is 0 Å². The first-order valence-electron chi connectivity index (χ1n) is 5.27. The minimum absolute atomic E-state index is 0.000833. The molecule has 88 valence electrons. The number of Topliss-reactive ketones (excluding diaryl/α,β-unsaturated/α-hetero) is 1. The van der Waals surface area contributed by atoms with E-state index in [4.69, 9.17) is 9.15 Å². The summed E-state index contributed by atoms with van der Waals surface area (Å²) in [7, 11) is 0. The number of hydrogen-bond acceptors (Lipinski definition) is 4. The highest BCUT2D eigenvalue weighted by atomic mass is 79.9. The number of carbonyl (C=O) groups is 1. The molecule has 0 spiro atoms. The van der Waals surface area contributed by atoms with E-state index in [-0.39, 0.29) is 11.8 Å². The van der Waals surface area contributed by atoms with Crippen LogP contribution in [0.5, 0.6) is 0 Å². The maximum atomic E-state index is 11.8. The van der Waals surface area contributed by atoms with Gasteiger partial charge in [0.05, 0.1) is 13.2 Å². The molecule has 1 N–H and O–H groups in total. The normalized spacial score (nSPS) is 25.6. The smallest absolute Gasteiger partial charge is 0.199 e. The Morgan fingerprint density at radius 3 is 3.00 bits per heavy atom. The molecule has 2 rings (SSSR count). The van der Waals surface area contributed by atoms with Crippen LogP contribution in [0.25, 0.3) is 0 Å². The molecule has 0 aromatic carbocycles. The van der Waals surface area contributed by atoms with Crippen molar-refractivity contribution in [3.63, 3.8) is 0 Å². The average molecular weight is 288 g/mol. The van der Waals surface area contributed by atoms with Crippen LogP contribution in [0.1, 0.15) is 23.9 Å². The van der Waals surface area contributed by atoms with Crippen LogP contribution in [0.2, 0.25) is 0 Å². The molecule has 2 atom stereocenters. The summed E-state index contributed by atoms with van der Waals surface area (Å²) in [5, 5.41) is 3.32. The highest BCUT2D eigenvalue weighted by Gasteiger charge is 2.22. The molecule has 0 radical (unpaired) electrons. The summed E-state index contributed by atoms with van der Waals surface area (Å²) < 4.78 is 11.2. The van der Waals surface area contributed by atoms with Crippen LogP contribution in [0.3, 0.4) is 0 Å². The molecule has 1 aliphatic heterocycles. The summed E-state index contributed by atoms with van der Waals surface area (Å²) in [6, 6.07) is 3.79. The Morgan fingerprint density at radius 1 is 1.56 bits per heavy atom. The average Bonchev–Trinajstić information content (AvgIpc) is 2.65. The fourth-order valence-electron chi connectivity index (χ4n) is 1.79. The molecule has 1 saturated heterocycles. The topological polar surface area (TPSA) is 51.5 Å². The monoisotopic (exact) mass is 287 g/mol. The first-order chi connectivity index (χ1) is 7.65. The third-order valence-corrected chi connectivity index (χ3v) is 2.91. The summed E-state index contributed by atoms with van der Waals surface area (Å²) >= 11 is 3.18. The van der Waals surface area contributed by atoms with Gasteiger partial charge >= 0.3 is 0 Å². The lowest BCUT2D eigenvalue weighted by Gasteiger charge is -2.28. The van der Waals surface area contributed by atoms with Gasteiger partial charge in [0.25, 0.3) is 0 Å². The Balaban J connectivity index is 1.92. The van der Waals surface area contributed by atoms with Crippen molar-refractivity contribution in [2.75, 3.05) is 13.2 Å². The summed E-state index contributed by atoms with van der Waals surface area (Å²) in [5.41, 5.74) is 0. The van der Waals surface area contributed by atoms with Crippen molar-refractivity contribution in [1.82, 2.24) is 5.32 Å². The van der Waals surface area contributed by atoms with Crippen molar-refractivity contribution in [2.45, 2.75) is 25.4 Å². The predicted molar refractivity (Wildman–Crippen MR) is 62.6 cm³/mol. The third kappa shape index (κ3) is 2.93. The predicted octanol–water partition coefficient (Wildman–Crippen LogP) is 1.99. The lowest BCUT2D eigenvalue weighted by molar-refractivity contribution is 0.0458. The number of halogens is 1. The molecule has 0 bridgehead atoms. The van der Waals surface area contributed by atoms with Crippen LogP contribution < -0.4 is 5.32 Å². The van der Waals surface area contributed by atoms with E-state index in [1.807, 2.05) is 6.92 Å². The molecule has 4 nitrogen and oxygen atoms in total. The molecule has 0 aliphatic carbocycles. The Labute approximate surface area is 102 Å². The Hall–Kier alpha value is -0.650. The molecule has 1 aromatic rings. The lowest BCUT2D eigenvalue weighted by Crippen LogP contribution is -2.48. The van der Waals surface area contributed by atoms with Gasteiger partial charge in [-0.15, -0.1) is 0 Å². The van der Waals surface area contributed by atoms with Crippen molar-refractivity contribution in [2.24, 2.45) is 0 Å². The highest BCUT2D eigenvalue weighted by Crippen LogP contribution is 2.16. The largest absolute Gasteiger partial charge is 0.446 e. The Kier molecular flexibility index (Phi) is 3.78. The molecular formula is C11H14BrNO3. The maximum absolute atomic E-state index is 11.8. The number of rotatable bonds is 3. The van der Waals surface area contributed by atoms with E-state index >= 15 is 0 Å². The van der Waals surface area contributed by atoms with Gasteiger partial charge in [-0.25, -0.2) is 0 Å². The van der Waals surface area contributed by atoms with Gasteiger partial charge in [-0.1, -0.05) is 0 Å². The molecule has 0 saturated carbocycles. The second-order valence-corrected chi connectivity index (χ2v) is 4.81. The van der Waals surface area contributed by atoms with Crippen LogP contribution in [0.15, 0.2) is 21.2 Å². The number of hydrogen-bond donors (Lipinski definition) is 1. The van der Waals surface area contributed by atoms with Gasteiger partial charge in [0.15, 0.2) is 16.2 Å². The minimum atomic E-state index is 0.000833. The number of nitrogens with one attached hydrogen (secondary N) is 1. The number of morpholine rings is 1. The molecule has 2 unspecified atom stereocenters. The van der Waals surface area contributed by atoms with E-state index in [0.717, 1.165) is 0 Å². The third-order valence-electron chi connectivity index (χ3n) is 2.49. The zero-order valence-electron chi connectivity index (χ0n) is 9.03. The number of carbonyl (C=O) groups excluding carboxylic acids is 1. The van der Waals surface area contributed by atoms with E-state index < -0.39 is 0 Å². The van der Waals surface area contributed by atoms with E-state index in [2.05, 4.69) is 21.2 Å². The summed E-state index contributed by atoms with van der Waals surface area (Å²) in [6.07, 6.45) is 0.407. The van der Waals surface area contributed by atoms with Crippen LogP contribution in [-0.4, -0.2) is 31.1 Å². The second kappa shape index (κ2) is 5.12. The van der Waals surface area contributed by atoms with Gasteiger partial charge < -0.3 is 14.5 Å². The highest BCUT2D eigenvalue weighted by molar-refractivity contribution is 9.10. The summed E-state index contributed by atoms with van der Waals surface area (Å²) in [4.78, 5) is 11.8. The minimum Gasteiger partial charge on any atom is -0.446 e. The van der Waals surface area contributed by atoms with Crippen molar-refractivity contribution in [3.8, 4) is 0 Å². The Bertz CT molecular complexity index is 377. The zero-order valence-corrected chi connectivity index (χ0v) is 10.6. The molecule has 0 amide bonds. The molecular weight excluding hydrogens is 274 g/mol.